The maximum Gasteiger partial charge on any atom is 0.252 e. The Balaban J connectivity index is 1.76. The van der Waals surface area contributed by atoms with Gasteiger partial charge in [-0.2, -0.15) is 4.31 Å². The summed E-state index contributed by atoms with van der Waals surface area (Å²) in [7, 11) is -2.48. The number of pyridine rings is 1. The molecule has 8 heteroatoms. The molecule has 34 heavy (non-hydrogen) atoms. The molecule has 1 aromatic heterocycles. The summed E-state index contributed by atoms with van der Waals surface area (Å²) < 4.78 is 46.9. The van der Waals surface area contributed by atoms with Crippen molar-refractivity contribution in [3.05, 3.63) is 106 Å². The summed E-state index contributed by atoms with van der Waals surface area (Å²) in [5.74, 6) is 0.118. The van der Waals surface area contributed by atoms with Gasteiger partial charge < -0.3 is 9.72 Å². The Kier molecular flexibility index (Phi) is 6.81. The van der Waals surface area contributed by atoms with Gasteiger partial charge in [0.05, 0.1) is 12.0 Å². The van der Waals surface area contributed by atoms with Gasteiger partial charge in [0.2, 0.25) is 10.0 Å². The first kappa shape index (κ1) is 23.7. The Morgan fingerprint density at radius 3 is 2.24 bits per heavy atom. The second kappa shape index (κ2) is 9.79. The number of ether oxygens (including phenoxy) is 1. The maximum absolute atomic E-state index is 13.5. The van der Waals surface area contributed by atoms with Crippen molar-refractivity contribution in [1.29, 1.82) is 0 Å². The molecule has 1 heterocycles. The van der Waals surface area contributed by atoms with Crippen LogP contribution in [0.15, 0.2) is 82.5 Å². The standard InChI is InChI=1S/C26H25FN2O4S/c1-3-18-6-13-25-20(14-18)15-21(26(30)28-25)17-29(16-19-4-9-23(33-2)10-5-19)34(31,32)24-11-7-22(27)8-12-24/h4-15H,3,16-17H2,1-2H3,(H,28,30). The Hall–Kier alpha value is -3.49. The van der Waals surface area contributed by atoms with E-state index in [0.29, 0.717) is 16.8 Å². The number of hydrogen-bond acceptors (Lipinski definition) is 4. The first-order chi connectivity index (χ1) is 16.3. The Morgan fingerprint density at radius 1 is 0.912 bits per heavy atom. The van der Waals surface area contributed by atoms with Crippen molar-refractivity contribution in [2.24, 2.45) is 0 Å². The van der Waals surface area contributed by atoms with Crippen LogP contribution in [0.25, 0.3) is 10.9 Å². The summed E-state index contributed by atoms with van der Waals surface area (Å²) in [4.78, 5) is 15.6. The summed E-state index contributed by atoms with van der Waals surface area (Å²) >= 11 is 0. The van der Waals surface area contributed by atoms with Crippen LogP contribution in [0.2, 0.25) is 0 Å². The van der Waals surface area contributed by atoms with Crippen LogP contribution in [-0.4, -0.2) is 24.8 Å². The van der Waals surface area contributed by atoms with E-state index in [2.05, 4.69) is 4.98 Å². The van der Waals surface area contributed by atoms with Gasteiger partial charge in [-0.3, -0.25) is 4.79 Å². The maximum atomic E-state index is 13.5. The van der Waals surface area contributed by atoms with Gasteiger partial charge in [0.1, 0.15) is 11.6 Å². The number of aromatic nitrogens is 1. The van der Waals surface area contributed by atoms with E-state index in [4.69, 9.17) is 4.74 Å². The van der Waals surface area contributed by atoms with Crippen LogP contribution in [0.1, 0.15) is 23.6 Å². The molecular formula is C26H25FN2O4S. The van der Waals surface area contributed by atoms with Crippen LogP contribution in [0.5, 0.6) is 5.75 Å². The van der Waals surface area contributed by atoms with Crippen molar-refractivity contribution in [3.63, 3.8) is 0 Å². The van der Waals surface area contributed by atoms with Crippen molar-refractivity contribution in [3.8, 4) is 5.75 Å². The molecule has 0 fully saturated rings. The van der Waals surface area contributed by atoms with Gasteiger partial charge in [0, 0.05) is 24.2 Å². The first-order valence-corrected chi connectivity index (χ1v) is 12.3. The fraction of sp³-hybridized carbons (Fsp3) is 0.192. The van der Waals surface area contributed by atoms with Gasteiger partial charge in [-0.15, -0.1) is 0 Å². The zero-order valence-electron chi connectivity index (χ0n) is 18.9. The van der Waals surface area contributed by atoms with Crippen LogP contribution < -0.4 is 10.3 Å². The van der Waals surface area contributed by atoms with E-state index in [0.717, 1.165) is 35.1 Å². The molecule has 0 amide bonds. The normalized spacial score (nSPS) is 11.8. The molecule has 0 saturated carbocycles. The predicted molar refractivity (Wildman–Crippen MR) is 130 cm³/mol. The average Bonchev–Trinajstić information content (AvgIpc) is 2.84. The summed E-state index contributed by atoms with van der Waals surface area (Å²) in [5.41, 5.74) is 2.48. The number of nitrogens with zero attached hydrogens (tertiary/aromatic N) is 1. The van der Waals surface area contributed by atoms with E-state index < -0.39 is 15.8 Å². The molecule has 4 rings (SSSR count). The van der Waals surface area contributed by atoms with Gasteiger partial charge >= 0.3 is 0 Å². The van der Waals surface area contributed by atoms with Crippen molar-refractivity contribution in [2.75, 3.05) is 7.11 Å². The lowest BCUT2D eigenvalue weighted by atomic mass is 10.1. The number of aryl methyl sites for hydroxylation is 1. The zero-order valence-corrected chi connectivity index (χ0v) is 19.7. The highest BCUT2D eigenvalue weighted by atomic mass is 32.2. The highest BCUT2D eigenvalue weighted by molar-refractivity contribution is 7.89. The molecule has 0 bridgehead atoms. The molecule has 0 aliphatic heterocycles. The predicted octanol–water partition coefficient (Wildman–Crippen LogP) is 4.63. The highest BCUT2D eigenvalue weighted by Gasteiger charge is 2.26. The molecule has 0 radical (unpaired) electrons. The molecule has 0 spiro atoms. The zero-order chi connectivity index (χ0) is 24.3. The Labute approximate surface area is 197 Å². The third-order valence-corrected chi connectivity index (χ3v) is 7.52. The molecular weight excluding hydrogens is 455 g/mol. The molecule has 3 aromatic carbocycles. The molecule has 6 nitrogen and oxygen atoms in total. The van der Waals surface area contributed by atoms with Crippen LogP contribution in [0, 0.1) is 5.82 Å². The molecule has 0 aliphatic carbocycles. The Morgan fingerprint density at radius 2 is 1.59 bits per heavy atom. The fourth-order valence-corrected chi connectivity index (χ4v) is 5.15. The number of hydrogen-bond donors (Lipinski definition) is 1. The third-order valence-electron chi connectivity index (χ3n) is 5.71. The minimum atomic E-state index is -4.03. The molecule has 176 valence electrons. The minimum absolute atomic E-state index is 0.0240. The third kappa shape index (κ3) is 5.03. The van der Waals surface area contributed by atoms with Gasteiger partial charge in [-0.25, -0.2) is 12.8 Å². The topological polar surface area (TPSA) is 79.5 Å². The van der Waals surface area contributed by atoms with E-state index in [1.54, 1.807) is 37.4 Å². The Bertz CT molecular complexity index is 1460. The average molecular weight is 481 g/mol. The number of fused-ring (bicyclic) bond motifs is 1. The van der Waals surface area contributed by atoms with Crippen LogP contribution in [-0.2, 0) is 29.5 Å². The van der Waals surface area contributed by atoms with Crippen LogP contribution in [0.4, 0.5) is 4.39 Å². The lowest BCUT2D eigenvalue weighted by molar-refractivity contribution is 0.398. The number of sulfonamides is 1. The lowest BCUT2D eigenvalue weighted by Crippen LogP contribution is -2.32. The van der Waals surface area contributed by atoms with E-state index in [-0.39, 0.29) is 23.5 Å². The first-order valence-electron chi connectivity index (χ1n) is 10.8. The molecule has 0 saturated heterocycles. The number of nitrogens with one attached hydrogen (secondary N) is 1. The summed E-state index contributed by atoms with van der Waals surface area (Å²) in [6, 6.07) is 19.2. The molecule has 0 unspecified atom stereocenters. The summed E-state index contributed by atoms with van der Waals surface area (Å²) in [6.45, 7) is 1.92. The second-order valence-corrected chi connectivity index (χ2v) is 9.91. The van der Waals surface area contributed by atoms with Crippen molar-refractivity contribution >= 4 is 20.9 Å². The quantitative estimate of drug-likeness (QED) is 0.399. The van der Waals surface area contributed by atoms with E-state index in [1.807, 2.05) is 25.1 Å². The number of halogens is 1. The van der Waals surface area contributed by atoms with E-state index >= 15 is 0 Å². The number of aromatic amines is 1. The van der Waals surface area contributed by atoms with Crippen molar-refractivity contribution in [2.45, 2.75) is 31.3 Å². The van der Waals surface area contributed by atoms with Crippen LogP contribution in [0.3, 0.4) is 0 Å². The molecule has 4 aromatic rings. The number of benzene rings is 3. The molecule has 0 atom stereocenters. The monoisotopic (exact) mass is 480 g/mol. The number of methoxy groups -OCH3 is 1. The van der Waals surface area contributed by atoms with Crippen molar-refractivity contribution < 1.29 is 17.5 Å². The summed E-state index contributed by atoms with van der Waals surface area (Å²) in [5, 5.41) is 0.831. The number of H-pyrrole nitrogens is 1. The van der Waals surface area contributed by atoms with Crippen molar-refractivity contribution in [1.82, 2.24) is 9.29 Å². The highest BCUT2D eigenvalue weighted by Crippen LogP contribution is 2.23. The van der Waals surface area contributed by atoms with Crippen LogP contribution >= 0.6 is 0 Å². The minimum Gasteiger partial charge on any atom is -0.497 e. The van der Waals surface area contributed by atoms with Gasteiger partial charge in [0.25, 0.3) is 5.56 Å². The smallest absolute Gasteiger partial charge is 0.252 e. The lowest BCUT2D eigenvalue weighted by Gasteiger charge is -2.22. The second-order valence-electron chi connectivity index (χ2n) is 7.97. The summed E-state index contributed by atoms with van der Waals surface area (Å²) in [6.07, 6.45) is 0.840. The SMILES string of the molecule is CCc1ccc2[nH]c(=O)c(CN(Cc3ccc(OC)cc3)S(=O)(=O)c3ccc(F)cc3)cc2c1. The fourth-order valence-electron chi connectivity index (χ4n) is 3.74. The largest absolute Gasteiger partial charge is 0.497 e. The van der Waals surface area contributed by atoms with Gasteiger partial charge in [-0.1, -0.05) is 25.1 Å². The van der Waals surface area contributed by atoms with E-state index in [1.165, 1.54) is 16.4 Å². The van der Waals surface area contributed by atoms with E-state index in [9.17, 15) is 17.6 Å². The van der Waals surface area contributed by atoms with Gasteiger partial charge in [-0.05, 0) is 77.5 Å². The molecule has 0 aliphatic rings. The van der Waals surface area contributed by atoms with Gasteiger partial charge in [0.15, 0.2) is 0 Å². The molecule has 1 N–H and O–H groups in total. The number of rotatable bonds is 8.